The van der Waals surface area contributed by atoms with E-state index in [0.717, 1.165) is 11.3 Å². The van der Waals surface area contributed by atoms with Crippen LogP contribution in [0, 0.1) is 5.82 Å². The summed E-state index contributed by atoms with van der Waals surface area (Å²) in [5.74, 6) is -1.75. The van der Waals surface area contributed by atoms with Crippen LogP contribution in [0.15, 0.2) is 29.6 Å². The summed E-state index contributed by atoms with van der Waals surface area (Å²) in [6.45, 7) is 0. The van der Waals surface area contributed by atoms with Crippen LogP contribution in [0.2, 0.25) is 0 Å². The van der Waals surface area contributed by atoms with Crippen molar-refractivity contribution in [2.75, 3.05) is 0 Å². The number of ketones is 1. The molecule has 18 heavy (non-hydrogen) atoms. The summed E-state index contributed by atoms with van der Waals surface area (Å²) >= 11 is 1.12. The SMILES string of the molecule is O=C(Cc1nc(C(=O)O)cs1)c1ccc(F)cc1. The molecule has 0 aliphatic heterocycles. The van der Waals surface area contributed by atoms with Crippen molar-refractivity contribution in [2.24, 2.45) is 0 Å². The lowest BCUT2D eigenvalue weighted by molar-refractivity contribution is 0.0690. The van der Waals surface area contributed by atoms with Crippen molar-refractivity contribution >= 4 is 23.1 Å². The first kappa shape index (κ1) is 12.4. The van der Waals surface area contributed by atoms with Crippen LogP contribution in [0.5, 0.6) is 0 Å². The van der Waals surface area contributed by atoms with Gasteiger partial charge in [-0.2, -0.15) is 0 Å². The Morgan fingerprint density at radius 1 is 1.28 bits per heavy atom. The van der Waals surface area contributed by atoms with E-state index in [1.807, 2.05) is 0 Å². The van der Waals surface area contributed by atoms with Gasteiger partial charge in [-0.25, -0.2) is 14.2 Å². The molecule has 6 heteroatoms. The number of aromatic carboxylic acids is 1. The Balaban J connectivity index is 2.11. The molecule has 0 aliphatic carbocycles. The fourth-order valence-corrected chi connectivity index (χ4v) is 2.13. The van der Waals surface area contributed by atoms with Gasteiger partial charge in [-0.3, -0.25) is 4.79 Å². The van der Waals surface area contributed by atoms with Gasteiger partial charge in [0.1, 0.15) is 10.8 Å². The van der Waals surface area contributed by atoms with Gasteiger partial charge >= 0.3 is 5.97 Å². The molecule has 2 aromatic rings. The quantitative estimate of drug-likeness (QED) is 0.862. The van der Waals surface area contributed by atoms with Crippen molar-refractivity contribution in [1.29, 1.82) is 0 Å². The summed E-state index contributed by atoms with van der Waals surface area (Å²) < 4.78 is 12.7. The minimum absolute atomic E-state index is 0.0174. The molecule has 0 atom stereocenters. The lowest BCUT2D eigenvalue weighted by Gasteiger charge is -1.98. The van der Waals surface area contributed by atoms with Crippen LogP contribution in [0.4, 0.5) is 4.39 Å². The number of aromatic nitrogens is 1. The Labute approximate surface area is 106 Å². The number of carboxylic acids is 1. The molecule has 0 fully saturated rings. The fourth-order valence-electron chi connectivity index (χ4n) is 1.37. The third kappa shape index (κ3) is 2.78. The van der Waals surface area contributed by atoms with Crippen LogP contribution in [-0.2, 0) is 6.42 Å². The maximum atomic E-state index is 12.7. The number of hydrogen-bond donors (Lipinski definition) is 1. The maximum Gasteiger partial charge on any atom is 0.355 e. The molecule has 0 unspecified atom stereocenters. The highest BCUT2D eigenvalue weighted by molar-refractivity contribution is 7.09. The fraction of sp³-hybridized carbons (Fsp3) is 0.0833. The van der Waals surface area contributed by atoms with E-state index in [-0.39, 0.29) is 17.9 Å². The summed E-state index contributed by atoms with van der Waals surface area (Å²) in [6.07, 6.45) is 0.0174. The van der Waals surface area contributed by atoms with E-state index in [2.05, 4.69) is 4.98 Å². The van der Waals surface area contributed by atoms with Crippen LogP contribution < -0.4 is 0 Å². The third-order valence-corrected chi connectivity index (χ3v) is 3.10. The monoisotopic (exact) mass is 265 g/mol. The second kappa shape index (κ2) is 5.05. The largest absolute Gasteiger partial charge is 0.476 e. The van der Waals surface area contributed by atoms with Crippen molar-refractivity contribution in [1.82, 2.24) is 4.98 Å². The average molecular weight is 265 g/mol. The van der Waals surface area contributed by atoms with Gasteiger partial charge in [-0.1, -0.05) is 0 Å². The Bertz CT molecular complexity index is 592. The van der Waals surface area contributed by atoms with E-state index in [4.69, 9.17) is 5.11 Å². The topological polar surface area (TPSA) is 67.3 Å². The van der Waals surface area contributed by atoms with Gasteiger partial charge in [0.25, 0.3) is 0 Å². The summed E-state index contributed by atoms with van der Waals surface area (Å²) in [5.41, 5.74) is 0.311. The number of carbonyl (C=O) groups is 2. The van der Waals surface area contributed by atoms with E-state index >= 15 is 0 Å². The number of thiazole rings is 1. The molecule has 0 bridgehead atoms. The Kier molecular flexibility index (Phi) is 3.47. The zero-order valence-electron chi connectivity index (χ0n) is 9.09. The van der Waals surface area contributed by atoms with Crippen LogP contribution >= 0.6 is 11.3 Å². The van der Waals surface area contributed by atoms with Crippen molar-refractivity contribution in [3.63, 3.8) is 0 Å². The van der Waals surface area contributed by atoms with Gasteiger partial charge in [-0.15, -0.1) is 11.3 Å². The molecule has 2 rings (SSSR count). The average Bonchev–Trinajstić information content (AvgIpc) is 2.78. The molecule has 92 valence electrons. The molecule has 1 N–H and O–H groups in total. The number of carboxylic acid groups (broad SMARTS) is 1. The molecule has 0 amide bonds. The maximum absolute atomic E-state index is 12.7. The highest BCUT2D eigenvalue weighted by Crippen LogP contribution is 2.13. The minimum Gasteiger partial charge on any atom is -0.476 e. The first-order valence-electron chi connectivity index (χ1n) is 5.03. The molecule has 1 aromatic carbocycles. The zero-order valence-corrected chi connectivity index (χ0v) is 9.91. The molecule has 0 aliphatic rings. The number of halogens is 1. The highest BCUT2D eigenvalue weighted by atomic mass is 32.1. The molecule has 0 radical (unpaired) electrons. The van der Waals surface area contributed by atoms with Gasteiger partial charge in [0.15, 0.2) is 11.5 Å². The Morgan fingerprint density at radius 2 is 1.94 bits per heavy atom. The molecule has 0 spiro atoms. The van der Waals surface area contributed by atoms with Crippen molar-refractivity contribution < 1.29 is 19.1 Å². The van der Waals surface area contributed by atoms with Crippen LogP contribution in [0.25, 0.3) is 0 Å². The van der Waals surface area contributed by atoms with E-state index in [1.54, 1.807) is 0 Å². The van der Waals surface area contributed by atoms with Gasteiger partial charge in [-0.05, 0) is 24.3 Å². The van der Waals surface area contributed by atoms with E-state index in [0.29, 0.717) is 10.6 Å². The van der Waals surface area contributed by atoms with Crippen molar-refractivity contribution in [3.8, 4) is 0 Å². The normalized spacial score (nSPS) is 10.3. The summed E-state index contributed by atoms with van der Waals surface area (Å²) in [4.78, 5) is 26.2. The predicted octanol–water partition coefficient (Wildman–Crippen LogP) is 2.41. The van der Waals surface area contributed by atoms with Crippen molar-refractivity contribution in [2.45, 2.75) is 6.42 Å². The highest BCUT2D eigenvalue weighted by Gasteiger charge is 2.13. The lowest BCUT2D eigenvalue weighted by atomic mass is 10.1. The van der Waals surface area contributed by atoms with Gasteiger partial charge in [0.2, 0.25) is 0 Å². The van der Waals surface area contributed by atoms with E-state index in [9.17, 15) is 14.0 Å². The van der Waals surface area contributed by atoms with Gasteiger partial charge in [0, 0.05) is 10.9 Å². The first-order valence-corrected chi connectivity index (χ1v) is 5.90. The summed E-state index contributed by atoms with van der Waals surface area (Å²) in [7, 11) is 0. The first-order chi connectivity index (χ1) is 8.56. The number of rotatable bonds is 4. The lowest BCUT2D eigenvalue weighted by Crippen LogP contribution is -2.04. The minimum atomic E-state index is -1.12. The van der Waals surface area contributed by atoms with E-state index in [1.165, 1.54) is 29.6 Å². The van der Waals surface area contributed by atoms with E-state index < -0.39 is 11.8 Å². The predicted molar refractivity (Wildman–Crippen MR) is 63.5 cm³/mol. The number of hydrogen-bond acceptors (Lipinski definition) is 4. The number of carbonyl (C=O) groups excluding carboxylic acids is 1. The number of nitrogens with zero attached hydrogens (tertiary/aromatic N) is 1. The molecule has 1 aromatic heterocycles. The zero-order chi connectivity index (χ0) is 13.1. The van der Waals surface area contributed by atoms with Gasteiger partial charge in [0.05, 0.1) is 6.42 Å². The Hall–Kier alpha value is -2.08. The second-order valence-corrected chi connectivity index (χ2v) is 4.48. The van der Waals surface area contributed by atoms with Crippen LogP contribution in [-0.4, -0.2) is 21.8 Å². The molecular weight excluding hydrogens is 257 g/mol. The molecule has 1 heterocycles. The van der Waals surface area contributed by atoms with Crippen LogP contribution in [0.3, 0.4) is 0 Å². The molecule has 4 nitrogen and oxygen atoms in total. The molecular formula is C12H8FNO3S. The smallest absolute Gasteiger partial charge is 0.355 e. The summed E-state index contributed by atoms with van der Waals surface area (Å²) in [6, 6.07) is 5.20. The molecule has 0 saturated carbocycles. The van der Waals surface area contributed by atoms with Crippen LogP contribution in [0.1, 0.15) is 25.9 Å². The van der Waals surface area contributed by atoms with Crippen molar-refractivity contribution in [3.05, 3.63) is 51.7 Å². The molecule has 0 saturated heterocycles. The second-order valence-electron chi connectivity index (χ2n) is 3.54. The number of Topliss-reactive ketones (excluding diaryl/α,β-unsaturated/α-hetero) is 1. The Morgan fingerprint density at radius 3 is 2.50 bits per heavy atom. The number of benzene rings is 1. The third-order valence-electron chi connectivity index (χ3n) is 2.25. The van der Waals surface area contributed by atoms with Gasteiger partial charge < -0.3 is 5.11 Å². The standard InChI is InChI=1S/C12H8FNO3S/c13-8-3-1-7(2-4-8)10(15)5-11-14-9(6-18-11)12(16)17/h1-4,6H,5H2,(H,16,17). The summed E-state index contributed by atoms with van der Waals surface area (Å²) in [5, 5.41) is 10.5.